The van der Waals surface area contributed by atoms with Gasteiger partial charge in [0.15, 0.2) is 0 Å². The van der Waals surface area contributed by atoms with E-state index < -0.39 is 0 Å². The lowest BCUT2D eigenvalue weighted by Gasteiger charge is -2.23. The van der Waals surface area contributed by atoms with Crippen molar-refractivity contribution < 1.29 is 4.79 Å². The van der Waals surface area contributed by atoms with Crippen LogP contribution in [0.2, 0.25) is 0 Å². The number of carbonyl (C=O) groups is 1. The fraction of sp³-hybridized carbons (Fsp3) is 0.542. The molecule has 0 unspecified atom stereocenters. The molecule has 7 heteroatoms. The number of nitrogens with zero attached hydrogens (tertiary/aromatic N) is 3. The van der Waals surface area contributed by atoms with Crippen molar-refractivity contribution in [1.82, 2.24) is 14.5 Å². The molecule has 0 bridgehead atoms. The molecule has 1 amide bonds. The van der Waals surface area contributed by atoms with Crippen molar-refractivity contribution in [2.45, 2.75) is 64.4 Å². The lowest BCUT2D eigenvalue weighted by Crippen LogP contribution is -2.31. The van der Waals surface area contributed by atoms with Gasteiger partial charge in [0, 0.05) is 23.5 Å². The maximum Gasteiger partial charge on any atom is 0.348 e. The number of amides is 1. The van der Waals surface area contributed by atoms with Crippen LogP contribution in [0.5, 0.6) is 0 Å². The van der Waals surface area contributed by atoms with E-state index >= 15 is 0 Å². The van der Waals surface area contributed by atoms with Gasteiger partial charge in [0.05, 0.1) is 5.75 Å². The second-order valence-corrected chi connectivity index (χ2v) is 9.71. The first-order valence-electron chi connectivity index (χ1n) is 11.0. The Morgan fingerprint density at radius 2 is 1.84 bits per heavy atom. The van der Waals surface area contributed by atoms with Gasteiger partial charge in [0.25, 0.3) is 0 Å². The van der Waals surface area contributed by atoms with Crippen molar-refractivity contribution in [3.05, 3.63) is 50.6 Å². The molecule has 1 aromatic heterocycles. The summed E-state index contributed by atoms with van der Waals surface area (Å²) in [6.45, 7) is 7.71. The third-order valence-corrected chi connectivity index (χ3v) is 6.74. The van der Waals surface area contributed by atoms with Crippen molar-refractivity contribution >= 4 is 23.4 Å². The zero-order valence-electron chi connectivity index (χ0n) is 19.4. The van der Waals surface area contributed by atoms with Crippen molar-refractivity contribution in [3.8, 4) is 0 Å². The summed E-state index contributed by atoms with van der Waals surface area (Å²) < 4.78 is 1.86. The van der Waals surface area contributed by atoms with Crippen LogP contribution < -0.4 is 11.0 Å². The number of hydrogen-bond acceptors (Lipinski definition) is 5. The third-order valence-electron chi connectivity index (χ3n) is 5.72. The Morgan fingerprint density at radius 3 is 2.52 bits per heavy atom. The van der Waals surface area contributed by atoms with Crippen LogP contribution >= 0.6 is 11.8 Å². The zero-order valence-corrected chi connectivity index (χ0v) is 20.2. The van der Waals surface area contributed by atoms with Crippen LogP contribution in [0.25, 0.3) is 0 Å². The van der Waals surface area contributed by atoms with Crippen molar-refractivity contribution in [2.75, 3.05) is 31.7 Å². The van der Waals surface area contributed by atoms with Gasteiger partial charge < -0.3 is 10.2 Å². The number of nitrogens with one attached hydrogen (secondary N) is 1. The van der Waals surface area contributed by atoms with Gasteiger partial charge in [0.1, 0.15) is 5.03 Å². The van der Waals surface area contributed by atoms with E-state index in [2.05, 4.69) is 34.3 Å². The average molecular weight is 443 g/mol. The number of anilines is 1. The first-order chi connectivity index (χ1) is 14.8. The van der Waals surface area contributed by atoms with Crippen LogP contribution in [0.3, 0.4) is 0 Å². The highest BCUT2D eigenvalue weighted by Crippen LogP contribution is 2.29. The second-order valence-electron chi connectivity index (χ2n) is 8.75. The number of aryl methyl sites for hydroxylation is 3. The summed E-state index contributed by atoms with van der Waals surface area (Å²) in [5, 5.41) is 3.78. The molecule has 0 saturated heterocycles. The summed E-state index contributed by atoms with van der Waals surface area (Å²) >= 11 is 1.38. The Hall–Kier alpha value is -2.12. The predicted molar refractivity (Wildman–Crippen MR) is 128 cm³/mol. The van der Waals surface area contributed by atoms with Gasteiger partial charge in [0.2, 0.25) is 5.91 Å². The van der Waals surface area contributed by atoms with Gasteiger partial charge >= 0.3 is 5.69 Å². The second kappa shape index (κ2) is 10.5. The van der Waals surface area contributed by atoms with Gasteiger partial charge in [-0.3, -0.25) is 9.36 Å². The molecule has 0 aliphatic heterocycles. The SMILES string of the molecule is Cc1cc(C)c(NC(=O)CSc2nc(=O)n(CCCN(C)C)c3c2CCCC3)c(C)c1. The fourth-order valence-corrected chi connectivity index (χ4v) is 5.21. The summed E-state index contributed by atoms with van der Waals surface area (Å²) in [5.41, 5.74) is 6.28. The highest BCUT2D eigenvalue weighted by molar-refractivity contribution is 8.00. The third kappa shape index (κ3) is 5.98. The number of thioether (sulfide) groups is 1. The number of benzene rings is 1. The first-order valence-corrected chi connectivity index (χ1v) is 12.0. The molecule has 0 saturated carbocycles. The number of rotatable bonds is 8. The van der Waals surface area contributed by atoms with E-state index in [0.29, 0.717) is 6.54 Å². The largest absolute Gasteiger partial charge is 0.348 e. The molecule has 1 N–H and O–H groups in total. The number of carbonyl (C=O) groups excluding carboxylic acids is 1. The monoisotopic (exact) mass is 442 g/mol. The minimum Gasteiger partial charge on any atom is -0.325 e. The fourth-order valence-electron chi connectivity index (χ4n) is 4.33. The molecular formula is C24H34N4O2S. The van der Waals surface area contributed by atoms with E-state index in [1.807, 2.05) is 32.5 Å². The van der Waals surface area contributed by atoms with Crippen LogP contribution in [-0.4, -0.2) is 46.8 Å². The summed E-state index contributed by atoms with van der Waals surface area (Å²) in [4.78, 5) is 31.9. The highest BCUT2D eigenvalue weighted by atomic mass is 32.2. The summed E-state index contributed by atoms with van der Waals surface area (Å²) in [5.74, 6) is 0.178. The Bertz CT molecular complexity index is 990. The number of hydrogen-bond donors (Lipinski definition) is 1. The molecule has 1 aromatic carbocycles. The van der Waals surface area contributed by atoms with Gasteiger partial charge in [-0.2, -0.15) is 4.98 Å². The molecule has 168 valence electrons. The number of aromatic nitrogens is 2. The lowest BCUT2D eigenvalue weighted by atomic mass is 9.97. The van der Waals surface area contributed by atoms with Gasteiger partial charge in [-0.15, -0.1) is 0 Å². The van der Waals surface area contributed by atoms with E-state index in [0.717, 1.165) is 71.7 Å². The molecule has 0 radical (unpaired) electrons. The zero-order chi connectivity index (χ0) is 22.5. The van der Waals surface area contributed by atoms with Crippen LogP contribution in [0.15, 0.2) is 22.0 Å². The van der Waals surface area contributed by atoms with Gasteiger partial charge in [-0.25, -0.2) is 4.79 Å². The van der Waals surface area contributed by atoms with Gasteiger partial charge in [-0.05, 0) is 84.6 Å². The van der Waals surface area contributed by atoms with E-state index in [-0.39, 0.29) is 17.3 Å². The molecule has 6 nitrogen and oxygen atoms in total. The van der Waals surface area contributed by atoms with E-state index in [9.17, 15) is 9.59 Å². The maximum atomic E-state index is 12.8. The smallest absolute Gasteiger partial charge is 0.325 e. The molecule has 0 fully saturated rings. The molecule has 1 aliphatic carbocycles. The predicted octanol–water partition coefficient (Wildman–Crippen LogP) is 3.73. The van der Waals surface area contributed by atoms with E-state index in [4.69, 9.17) is 0 Å². The molecule has 1 heterocycles. The normalized spacial score (nSPS) is 13.4. The molecule has 31 heavy (non-hydrogen) atoms. The first kappa shape index (κ1) is 23.5. The van der Waals surface area contributed by atoms with Crippen LogP contribution in [0, 0.1) is 20.8 Å². The van der Waals surface area contributed by atoms with Crippen LogP contribution in [-0.2, 0) is 24.2 Å². The Balaban J connectivity index is 1.74. The summed E-state index contributed by atoms with van der Waals surface area (Å²) in [7, 11) is 4.09. The molecule has 1 aliphatic rings. The van der Waals surface area contributed by atoms with Crippen molar-refractivity contribution in [1.29, 1.82) is 0 Å². The summed E-state index contributed by atoms with van der Waals surface area (Å²) in [6, 6.07) is 4.15. The molecular weight excluding hydrogens is 408 g/mol. The minimum atomic E-state index is -0.187. The summed E-state index contributed by atoms with van der Waals surface area (Å²) in [6.07, 6.45) is 4.96. The Morgan fingerprint density at radius 1 is 1.16 bits per heavy atom. The molecule has 2 aromatic rings. The van der Waals surface area contributed by atoms with Gasteiger partial charge in [-0.1, -0.05) is 29.5 Å². The highest BCUT2D eigenvalue weighted by Gasteiger charge is 2.21. The van der Waals surface area contributed by atoms with E-state index in [1.165, 1.54) is 17.3 Å². The van der Waals surface area contributed by atoms with Crippen molar-refractivity contribution in [2.24, 2.45) is 0 Å². The molecule has 3 rings (SSSR count). The average Bonchev–Trinajstić information content (AvgIpc) is 2.70. The standard InChI is InChI=1S/C24H34N4O2S/c1-16-13-17(2)22(18(3)14-16)25-21(29)15-31-23-19-9-6-7-10-20(19)28(24(30)26-23)12-8-11-27(4)5/h13-14H,6-12,15H2,1-5H3,(H,25,29). The number of fused-ring (bicyclic) bond motifs is 1. The van der Waals surface area contributed by atoms with Crippen molar-refractivity contribution in [3.63, 3.8) is 0 Å². The maximum absolute atomic E-state index is 12.8. The van der Waals surface area contributed by atoms with E-state index in [1.54, 1.807) is 0 Å². The lowest BCUT2D eigenvalue weighted by molar-refractivity contribution is -0.113. The Kier molecular flexibility index (Phi) is 7.94. The topological polar surface area (TPSA) is 67.2 Å². The molecule has 0 atom stereocenters. The quantitative estimate of drug-likeness (QED) is 0.498. The minimum absolute atomic E-state index is 0.0680. The van der Waals surface area contributed by atoms with Crippen LogP contribution in [0.1, 0.15) is 47.2 Å². The van der Waals surface area contributed by atoms with Crippen LogP contribution in [0.4, 0.5) is 5.69 Å². The Labute approximate surface area is 189 Å². The molecule has 0 spiro atoms.